The molecular formula is C33H20BrNO. The summed E-state index contributed by atoms with van der Waals surface area (Å²) in [6, 6.07) is 42.4. The van der Waals surface area contributed by atoms with Crippen molar-refractivity contribution in [3.63, 3.8) is 0 Å². The summed E-state index contributed by atoms with van der Waals surface area (Å²) in [5, 5.41) is 4.50. The number of benzene rings is 6. The van der Waals surface area contributed by atoms with Crippen LogP contribution in [0.2, 0.25) is 0 Å². The van der Waals surface area contributed by atoms with Crippen LogP contribution in [-0.2, 0) is 0 Å². The Kier molecular flexibility index (Phi) is 4.97. The molecule has 0 saturated carbocycles. The molecule has 0 aliphatic heterocycles. The number of halogens is 1. The highest BCUT2D eigenvalue weighted by Crippen LogP contribution is 2.40. The molecule has 7 aromatic rings. The van der Waals surface area contributed by atoms with Crippen molar-refractivity contribution in [2.24, 2.45) is 0 Å². The maximum Gasteiger partial charge on any atom is 0.227 e. The molecular weight excluding hydrogens is 506 g/mol. The normalized spacial score (nSPS) is 11.5. The van der Waals surface area contributed by atoms with E-state index in [2.05, 4.69) is 107 Å². The van der Waals surface area contributed by atoms with Crippen molar-refractivity contribution in [2.45, 2.75) is 0 Å². The monoisotopic (exact) mass is 525 g/mol. The first kappa shape index (κ1) is 21.1. The van der Waals surface area contributed by atoms with Gasteiger partial charge in [-0.2, -0.15) is 0 Å². The van der Waals surface area contributed by atoms with Gasteiger partial charge < -0.3 is 4.42 Å². The fourth-order valence-electron chi connectivity index (χ4n) is 4.96. The van der Waals surface area contributed by atoms with E-state index in [1.54, 1.807) is 0 Å². The van der Waals surface area contributed by atoms with Crippen LogP contribution in [0.5, 0.6) is 0 Å². The lowest BCUT2D eigenvalue weighted by Crippen LogP contribution is -1.85. The Balaban J connectivity index is 1.55. The van der Waals surface area contributed by atoms with Gasteiger partial charge in [0.25, 0.3) is 0 Å². The smallest absolute Gasteiger partial charge is 0.227 e. The molecule has 1 heterocycles. The van der Waals surface area contributed by atoms with Crippen molar-refractivity contribution in [3.8, 4) is 33.7 Å². The lowest BCUT2D eigenvalue weighted by molar-refractivity contribution is 0.623. The first-order chi connectivity index (χ1) is 17.7. The van der Waals surface area contributed by atoms with Crippen molar-refractivity contribution < 1.29 is 4.42 Å². The molecule has 7 rings (SSSR count). The maximum absolute atomic E-state index is 6.45. The molecule has 0 N–H and O–H groups in total. The number of oxazole rings is 1. The van der Waals surface area contributed by atoms with Gasteiger partial charge in [-0.15, -0.1) is 0 Å². The van der Waals surface area contributed by atoms with Crippen LogP contribution in [-0.4, -0.2) is 4.98 Å². The molecule has 3 heteroatoms. The van der Waals surface area contributed by atoms with E-state index in [1.807, 2.05) is 30.3 Å². The number of rotatable bonds is 3. The summed E-state index contributed by atoms with van der Waals surface area (Å²) < 4.78 is 7.48. The number of aromatic nitrogens is 1. The minimum absolute atomic E-state index is 0.630. The second-order valence-electron chi connectivity index (χ2n) is 8.96. The predicted octanol–water partition coefficient (Wildman–Crippen LogP) is 9.90. The average molecular weight is 526 g/mol. The van der Waals surface area contributed by atoms with Crippen molar-refractivity contribution in [1.82, 2.24) is 4.98 Å². The quantitative estimate of drug-likeness (QED) is 0.214. The lowest BCUT2D eigenvalue weighted by Gasteiger charge is -2.10. The first-order valence-electron chi connectivity index (χ1n) is 11.9. The van der Waals surface area contributed by atoms with Gasteiger partial charge in [-0.1, -0.05) is 94.8 Å². The summed E-state index contributed by atoms with van der Waals surface area (Å²) in [7, 11) is 0. The predicted molar refractivity (Wildman–Crippen MR) is 153 cm³/mol. The summed E-state index contributed by atoms with van der Waals surface area (Å²) in [6.45, 7) is 0. The number of fused-ring (bicyclic) bond motifs is 6. The van der Waals surface area contributed by atoms with Gasteiger partial charge in [-0.3, -0.25) is 0 Å². The molecule has 1 aromatic heterocycles. The van der Waals surface area contributed by atoms with Gasteiger partial charge in [0.1, 0.15) is 5.52 Å². The van der Waals surface area contributed by atoms with Crippen LogP contribution in [0.3, 0.4) is 0 Å². The van der Waals surface area contributed by atoms with Gasteiger partial charge in [0.15, 0.2) is 5.58 Å². The molecule has 0 aliphatic rings. The highest BCUT2D eigenvalue weighted by atomic mass is 79.9. The fourth-order valence-corrected chi connectivity index (χ4v) is 5.22. The molecule has 170 valence electrons. The Bertz CT molecular complexity index is 1760. The summed E-state index contributed by atoms with van der Waals surface area (Å²) in [6.07, 6.45) is 0. The van der Waals surface area contributed by atoms with E-state index in [9.17, 15) is 0 Å². The van der Waals surface area contributed by atoms with Crippen LogP contribution in [0.25, 0.3) is 66.4 Å². The maximum atomic E-state index is 6.45. The van der Waals surface area contributed by atoms with Crippen molar-refractivity contribution in [3.05, 3.63) is 126 Å². The van der Waals surface area contributed by atoms with Gasteiger partial charge >= 0.3 is 0 Å². The SMILES string of the molecule is Brc1ccc(-c2nc3c4ccc(-c5ccccc5)cc4c4cc(-c5ccccc5)ccc4c3o2)cc1. The van der Waals surface area contributed by atoms with Gasteiger partial charge in [-0.05, 0) is 75.5 Å². The minimum Gasteiger partial charge on any atom is -0.435 e. The van der Waals surface area contributed by atoms with E-state index in [0.717, 1.165) is 37.3 Å². The van der Waals surface area contributed by atoms with Gasteiger partial charge in [-0.25, -0.2) is 4.98 Å². The highest BCUT2D eigenvalue weighted by molar-refractivity contribution is 9.10. The summed E-state index contributed by atoms with van der Waals surface area (Å²) in [5.74, 6) is 0.630. The van der Waals surface area contributed by atoms with Gasteiger partial charge in [0.05, 0.1) is 0 Å². The van der Waals surface area contributed by atoms with Crippen LogP contribution in [0.15, 0.2) is 130 Å². The van der Waals surface area contributed by atoms with E-state index in [4.69, 9.17) is 9.40 Å². The minimum atomic E-state index is 0.630. The zero-order valence-corrected chi connectivity index (χ0v) is 20.9. The third-order valence-corrected chi connectivity index (χ3v) is 7.29. The Labute approximate surface area is 217 Å². The Hall–Kier alpha value is -4.21. The highest BCUT2D eigenvalue weighted by Gasteiger charge is 2.17. The zero-order chi connectivity index (χ0) is 24.1. The molecule has 2 nitrogen and oxygen atoms in total. The van der Waals surface area contributed by atoms with Crippen LogP contribution < -0.4 is 0 Å². The van der Waals surface area contributed by atoms with E-state index in [1.165, 1.54) is 27.6 Å². The second-order valence-corrected chi connectivity index (χ2v) is 9.87. The lowest BCUT2D eigenvalue weighted by atomic mass is 9.94. The van der Waals surface area contributed by atoms with E-state index in [0.29, 0.717) is 5.89 Å². The molecule has 0 bridgehead atoms. The third kappa shape index (κ3) is 3.52. The largest absolute Gasteiger partial charge is 0.435 e. The second kappa shape index (κ2) is 8.47. The van der Waals surface area contributed by atoms with Crippen molar-refractivity contribution in [2.75, 3.05) is 0 Å². The van der Waals surface area contributed by atoms with Gasteiger partial charge in [0.2, 0.25) is 5.89 Å². The first-order valence-corrected chi connectivity index (χ1v) is 12.7. The fraction of sp³-hybridized carbons (Fsp3) is 0. The molecule has 0 amide bonds. The summed E-state index contributed by atoms with van der Waals surface area (Å²) >= 11 is 3.52. The van der Waals surface area contributed by atoms with E-state index < -0.39 is 0 Å². The third-order valence-electron chi connectivity index (χ3n) is 6.76. The Morgan fingerprint density at radius 1 is 0.472 bits per heavy atom. The molecule has 36 heavy (non-hydrogen) atoms. The van der Waals surface area contributed by atoms with Crippen LogP contribution in [0.4, 0.5) is 0 Å². The molecule has 0 unspecified atom stereocenters. The van der Waals surface area contributed by atoms with E-state index in [-0.39, 0.29) is 0 Å². The molecule has 0 saturated heterocycles. The summed E-state index contributed by atoms with van der Waals surface area (Å²) in [4.78, 5) is 4.99. The Morgan fingerprint density at radius 3 is 1.61 bits per heavy atom. The molecule has 6 aromatic carbocycles. The van der Waals surface area contributed by atoms with Crippen LogP contribution >= 0.6 is 15.9 Å². The number of hydrogen-bond acceptors (Lipinski definition) is 2. The van der Waals surface area contributed by atoms with Crippen molar-refractivity contribution >= 4 is 48.6 Å². The van der Waals surface area contributed by atoms with E-state index >= 15 is 0 Å². The van der Waals surface area contributed by atoms with Gasteiger partial charge in [0, 0.05) is 20.8 Å². The molecule has 0 spiro atoms. The molecule has 0 radical (unpaired) electrons. The van der Waals surface area contributed by atoms with Crippen molar-refractivity contribution in [1.29, 1.82) is 0 Å². The number of nitrogens with zero attached hydrogens (tertiary/aromatic N) is 1. The molecule has 0 aliphatic carbocycles. The standard InChI is InChI=1S/C33H20BrNO/c34-26-15-11-23(12-16-26)33-35-31-27-17-13-24(21-7-3-1-4-8-21)19-29(27)30-20-25(22-9-5-2-6-10-22)14-18-28(30)32(31)36-33/h1-20H. The number of hydrogen-bond donors (Lipinski definition) is 0. The zero-order valence-electron chi connectivity index (χ0n) is 19.3. The average Bonchev–Trinajstić information content (AvgIpc) is 3.40. The topological polar surface area (TPSA) is 26.0 Å². The van der Waals surface area contributed by atoms with Crippen LogP contribution in [0, 0.1) is 0 Å². The Morgan fingerprint density at radius 2 is 1.00 bits per heavy atom. The van der Waals surface area contributed by atoms with Crippen LogP contribution in [0.1, 0.15) is 0 Å². The summed E-state index contributed by atoms with van der Waals surface area (Å²) in [5.41, 5.74) is 7.43. The molecule has 0 atom stereocenters. The molecule has 0 fully saturated rings.